The van der Waals surface area contributed by atoms with Crippen molar-refractivity contribution in [2.45, 2.75) is 12.8 Å². The quantitative estimate of drug-likeness (QED) is 0.861. The summed E-state index contributed by atoms with van der Waals surface area (Å²) in [6.45, 7) is 1.83. The molecule has 1 aromatic carbocycles. The molecule has 0 bridgehead atoms. The van der Waals surface area contributed by atoms with Crippen LogP contribution in [0.1, 0.15) is 12.0 Å². The molecule has 0 aromatic heterocycles. The second-order valence-corrected chi connectivity index (χ2v) is 5.52. The number of aliphatic carboxylic acids is 1. The molecule has 0 spiro atoms. The van der Waals surface area contributed by atoms with Gasteiger partial charge < -0.3 is 10.0 Å². The van der Waals surface area contributed by atoms with Crippen LogP contribution in [0.5, 0.6) is 0 Å². The van der Waals surface area contributed by atoms with Gasteiger partial charge in [-0.3, -0.25) is 4.79 Å². The van der Waals surface area contributed by atoms with Gasteiger partial charge in [0.2, 0.25) is 0 Å². The summed E-state index contributed by atoms with van der Waals surface area (Å²) in [6.07, 6.45) is 1.80. The minimum absolute atomic E-state index is 0.108. The van der Waals surface area contributed by atoms with Crippen LogP contribution in [0.15, 0.2) is 24.3 Å². The number of carboxylic acid groups (broad SMARTS) is 1. The number of halogens is 1. The van der Waals surface area contributed by atoms with E-state index in [0.29, 0.717) is 5.92 Å². The maximum atomic E-state index is 10.7. The SMILES string of the molecule is CN(CCc1ccc(Cl)cc1)CC1CC1C(=O)O. The first-order chi connectivity index (χ1) is 8.56. The standard InChI is InChI=1S/C14H18ClNO2/c1-16(9-11-8-13(11)14(17)18)7-6-10-2-4-12(15)5-3-10/h2-5,11,13H,6-9H2,1H3,(H,17,18). The van der Waals surface area contributed by atoms with E-state index in [-0.39, 0.29) is 5.92 Å². The number of benzene rings is 1. The number of hydrogen-bond acceptors (Lipinski definition) is 2. The maximum absolute atomic E-state index is 10.7. The molecule has 1 aromatic rings. The van der Waals surface area contributed by atoms with Crippen LogP contribution in [0.4, 0.5) is 0 Å². The average Bonchev–Trinajstić information content (AvgIpc) is 3.08. The van der Waals surface area contributed by atoms with Crippen LogP contribution < -0.4 is 0 Å². The number of likely N-dealkylation sites (N-methyl/N-ethyl adjacent to an activating group) is 1. The highest BCUT2D eigenvalue weighted by Gasteiger charge is 2.43. The van der Waals surface area contributed by atoms with E-state index in [1.165, 1.54) is 5.56 Å². The van der Waals surface area contributed by atoms with Crippen LogP contribution in [-0.4, -0.2) is 36.1 Å². The summed E-state index contributed by atoms with van der Waals surface area (Å²) in [5.41, 5.74) is 1.26. The maximum Gasteiger partial charge on any atom is 0.306 e. The van der Waals surface area contributed by atoms with Crippen LogP contribution in [0, 0.1) is 11.8 Å². The molecule has 4 heteroatoms. The number of carboxylic acids is 1. The number of nitrogens with zero attached hydrogens (tertiary/aromatic N) is 1. The molecule has 2 unspecified atom stereocenters. The van der Waals surface area contributed by atoms with E-state index < -0.39 is 5.97 Å². The molecule has 0 heterocycles. The van der Waals surface area contributed by atoms with Gasteiger partial charge >= 0.3 is 5.97 Å². The van der Waals surface area contributed by atoms with Gasteiger partial charge in [0.25, 0.3) is 0 Å². The van der Waals surface area contributed by atoms with Gasteiger partial charge in [0.15, 0.2) is 0 Å². The minimum Gasteiger partial charge on any atom is -0.481 e. The molecule has 1 fully saturated rings. The van der Waals surface area contributed by atoms with Crippen LogP contribution in [0.25, 0.3) is 0 Å². The fourth-order valence-electron chi connectivity index (χ4n) is 2.21. The molecule has 1 N–H and O–H groups in total. The Morgan fingerprint density at radius 2 is 2.11 bits per heavy atom. The highest BCUT2D eigenvalue weighted by atomic mass is 35.5. The molecular weight excluding hydrogens is 250 g/mol. The fourth-order valence-corrected chi connectivity index (χ4v) is 2.34. The van der Waals surface area contributed by atoms with Gasteiger partial charge in [0.1, 0.15) is 0 Å². The lowest BCUT2D eigenvalue weighted by Gasteiger charge is -2.16. The predicted molar refractivity (Wildman–Crippen MR) is 71.9 cm³/mol. The lowest BCUT2D eigenvalue weighted by Crippen LogP contribution is -2.24. The molecule has 2 rings (SSSR count). The largest absolute Gasteiger partial charge is 0.481 e. The Balaban J connectivity index is 1.71. The predicted octanol–water partition coefficient (Wildman–Crippen LogP) is 2.54. The number of rotatable bonds is 6. The molecule has 18 heavy (non-hydrogen) atoms. The van der Waals surface area contributed by atoms with E-state index >= 15 is 0 Å². The van der Waals surface area contributed by atoms with E-state index in [0.717, 1.165) is 31.0 Å². The van der Waals surface area contributed by atoms with Crippen LogP contribution >= 0.6 is 11.6 Å². The average molecular weight is 268 g/mol. The molecule has 2 atom stereocenters. The van der Waals surface area contributed by atoms with Crippen molar-refractivity contribution in [2.24, 2.45) is 11.8 Å². The molecular formula is C14H18ClNO2. The van der Waals surface area contributed by atoms with Gasteiger partial charge in [-0.25, -0.2) is 0 Å². The van der Waals surface area contributed by atoms with Crippen molar-refractivity contribution in [1.82, 2.24) is 4.90 Å². The minimum atomic E-state index is -0.647. The van der Waals surface area contributed by atoms with Gasteiger partial charge in [-0.2, -0.15) is 0 Å². The van der Waals surface area contributed by atoms with E-state index in [9.17, 15) is 4.79 Å². The number of hydrogen-bond donors (Lipinski definition) is 1. The van der Waals surface area contributed by atoms with Crippen molar-refractivity contribution in [3.63, 3.8) is 0 Å². The van der Waals surface area contributed by atoms with Crippen molar-refractivity contribution in [1.29, 1.82) is 0 Å². The lowest BCUT2D eigenvalue weighted by atomic mass is 10.1. The van der Waals surface area contributed by atoms with Crippen molar-refractivity contribution < 1.29 is 9.90 Å². The third-order valence-electron chi connectivity index (χ3n) is 3.48. The monoisotopic (exact) mass is 267 g/mol. The first kappa shape index (κ1) is 13.4. The molecule has 0 amide bonds. The van der Waals surface area contributed by atoms with Crippen molar-refractivity contribution >= 4 is 17.6 Å². The second kappa shape index (κ2) is 5.72. The van der Waals surface area contributed by atoms with E-state index in [4.69, 9.17) is 16.7 Å². The first-order valence-corrected chi connectivity index (χ1v) is 6.60. The van der Waals surface area contributed by atoms with E-state index in [2.05, 4.69) is 4.90 Å². The van der Waals surface area contributed by atoms with E-state index in [1.54, 1.807) is 0 Å². The van der Waals surface area contributed by atoms with Gasteiger partial charge in [-0.15, -0.1) is 0 Å². The normalized spacial score (nSPS) is 22.2. The van der Waals surface area contributed by atoms with Gasteiger partial charge in [0.05, 0.1) is 5.92 Å². The Kier molecular flexibility index (Phi) is 4.25. The number of carbonyl (C=O) groups is 1. The molecule has 0 radical (unpaired) electrons. The van der Waals surface area contributed by atoms with Crippen molar-refractivity contribution in [2.75, 3.05) is 20.1 Å². The Bertz CT molecular complexity index is 418. The summed E-state index contributed by atoms with van der Waals surface area (Å²) < 4.78 is 0. The summed E-state index contributed by atoms with van der Waals surface area (Å²) in [4.78, 5) is 12.9. The fraction of sp³-hybridized carbons (Fsp3) is 0.500. The molecule has 0 aliphatic heterocycles. The summed E-state index contributed by atoms with van der Waals surface area (Å²) in [5, 5.41) is 9.60. The lowest BCUT2D eigenvalue weighted by molar-refractivity contribution is -0.138. The smallest absolute Gasteiger partial charge is 0.306 e. The summed E-state index contributed by atoms with van der Waals surface area (Å²) >= 11 is 5.83. The zero-order valence-electron chi connectivity index (χ0n) is 10.5. The Morgan fingerprint density at radius 3 is 2.67 bits per heavy atom. The molecule has 1 aliphatic carbocycles. The summed E-state index contributed by atoms with van der Waals surface area (Å²) in [6, 6.07) is 7.87. The van der Waals surface area contributed by atoms with E-state index in [1.807, 2.05) is 31.3 Å². The first-order valence-electron chi connectivity index (χ1n) is 6.22. The molecule has 1 saturated carbocycles. The highest BCUT2D eigenvalue weighted by Crippen LogP contribution is 2.38. The Labute approximate surface area is 112 Å². The summed E-state index contributed by atoms with van der Waals surface area (Å²) in [7, 11) is 2.05. The molecule has 98 valence electrons. The second-order valence-electron chi connectivity index (χ2n) is 5.08. The van der Waals surface area contributed by atoms with Crippen LogP contribution in [0.3, 0.4) is 0 Å². The molecule has 1 aliphatic rings. The third kappa shape index (κ3) is 3.72. The Hall–Kier alpha value is -1.06. The third-order valence-corrected chi connectivity index (χ3v) is 3.73. The van der Waals surface area contributed by atoms with Crippen molar-refractivity contribution in [3.8, 4) is 0 Å². The van der Waals surface area contributed by atoms with Gasteiger partial charge in [-0.1, -0.05) is 23.7 Å². The van der Waals surface area contributed by atoms with Crippen LogP contribution in [-0.2, 0) is 11.2 Å². The zero-order valence-corrected chi connectivity index (χ0v) is 11.2. The highest BCUT2D eigenvalue weighted by molar-refractivity contribution is 6.30. The van der Waals surface area contributed by atoms with Crippen LogP contribution in [0.2, 0.25) is 5.02 Å². The topological polar surface area (TPSA) is 40.5 Å². The van der Waals surface area contributed by atoms with Gasteiger partial charge in [0, 0.05) is 18.1 Å². The zero-order chi connectivity index (χ0) is 13.1. The van der Waals surface area contributed by atoms with Crippen molar-refractivity contribution in [3.05, 3.63) is 34.9 Å². The summed E-state index contributed by atoms with van der Waals surface area (Å²) in [5.74, 6) is -0.410. The Morgan fingerprint density at radius 1 is 1.44 bits per heavy atom. The molecule has 3 nitrogen and oxygen atoms in total. The molecule has 0 saturated heterocycles. The van der Waals surface area contributed by atoms with Gasteiger partial charge in [-0.05, 0) is 43.5 Å².